The Hall–Kier alpha value is -2.44. The summed E-state index contributed by atoms with van der Waals surface area (Å²) in [6, 6.07) is 2.69. The van der Waals surface area contributed by atoms with Gasteiger partial charge in [-0.3, -0.25) is 14.6 Å². The quantitative estimate of drug-likeness (QED) is 0.853. The van der Waals surface area contributed by atoms with Gasteiger partial charge < -0.3 is 14.9 Å². The van der Waals surface area contributed by atoms with E-state index < -0.39 is 5.97 Å². The lowest BCUT2D eigenvalue weighted by molar-refractivity contribution is -0.154. The first-order valence-electron chi connectivity index (χ1n) is 6.83. The first-order chi connectivity index (χ1) is 10.1. The maximum Gasteiger partial charge on any atom is 0.337 e. The number of hydrogen-bond acceptors (Lipinski definition) is 4. The van der Waals surface area contributed by atoms with Crippen molar-refractivity contribution in [2.75, 3.05) is 13.1 Å². The minimum absolute atomic E-state index is 0.0285. The van der Waals surface area contributed by atoms with E-state index in [1.54, 1.807) is 11.0 Å². The van der Waals surface area contributed by atoms with Crippen molar-refractivity contribution in [3.8, 4) is 0 Å². The monoisotopic (exact) mass is 289 g/mol. The first-order valence-corrected chi connectivity index (χ1v) is 6.83. The fourth-order valence-electron chi connectivity index (χ4n) is 2.84. The van der Waals surface area contributed by atoms with Crippen LogP contribution in [0.3, 0.4) is 0 Å². The van der Waals surface area contributed by atoms with Gasteiger partial charge in [0.2, 0.25) is 11.8 Å². The lowest BCUT2D eigenvalue weighted by atomic mass is 10.1. The number of carboxylic acid groups (broad SMARTS) is 1. The molecule has 0 aliphatic carbocycles. The first kappa shape index (κ1) is 13.5. The van der Waals surface area contributed by atoms with Crippen LogP contribution in [0.5, 0.6) is 0 Å². The molecule has 0 bridgehead atoms. The fourth-order valence-corrected chi connectivity index (χ4v) is 2.84. The minimum Gasteiger partial charge on any atom is -0.478 e. The fraction of sp³-hybridized carbons (Fsp3) is 0.429. The van der Waals surface area contributed by atoms with E-state index in [-0.39, 0.29) is 36.5 Å². The summed E-state index contributed by atoms with van der Waals surface area (Å²) in [5.74, 6) is -1.12. The zero-order valence-corrected chi connectivity index (χ0v) is 11.4. The highest BCUT2D eigenvalue weighted by Crippen LogP contribution is 2.24. The van der Waals surface area contributed by atoms with Gasteiger partial charge in [0.05, 0.1) is 17.8 Å². The van der Waals surface area contributed by atoms with Crippen LogP contribution in [0.25, 0.3) is 0 Å². The van der Waals surface area contributed by atoms with Crippen LogP contribution in [0, 0.1) is 0 Å². The van der Waals surface area contributed by atoms with Gasteiger partial charge in [-0.25, -0.2) is 4.79 Å². The second kappa shape index (κ2) is 5.16. The number of aromatic carboxylic acids is 1. The predicted octanol–water partition coefficient (Wildman–Crippen LogP) is 0.113. The molecule has 1 N–H and O–H groups in total. The zero-order chi connectivity index (χ0) is 15.0. The van der Waals surface area contributed by atoms with Gasteiger partial charge in [-0.15, -0.1) is 0 Å². The number of nitrogens with zero attached hydrogens (tertiary/aromatic N) is 3. The van der Waals surface area contributed by atoms with Gasteiger partial charge in [0.25, 0.3) is 0 Å². The van der Waals surface area contributed by atoms with E-state index >= 15 is 0 Å². The molecule has 3 rings (SSSR count). The maximum atomic E-state index is 12.3. The summed E-state index contributed by atoms with van der Waals surface area (Å²) in [5.41, 5.74) is 0.675. The van der Waals surface area contributed by atoms with Crippen molar-refractivity contribution in [1.82, 2.24) is 14.8 Å². The highest BCUT2D eigenvalue weighted by Gasteiger charge is 2.41. The molecule has 0 saturated carbocycles. The third kappa shape index (κ3) is 2.46. The molecular formula is C14H15N3O4. The highest BCUT2D eigenvalue weighted by molar-refractivity contribution is 5.95. The second-order valence-electron chi connectivity index (χ2n) is 5.28. The Morgan fingerprint density at radius 3 is 2.86 bits per heavy atom. The van der Waals surface area contributed by atoms with Crippen LogP contribution in [-0.4, -0.2) is 56.8 Å². The molecule has 0 radical (unpaired) electrons. The van der Waals surface area contributed by atoms with Crippen molar-refractivity contribution < 1.29 is 19.5 Å². The summed E-state index contributed by atoms with van der Waals surface area (Å²) in [4.78, 5) is 42.3. The number of carbonyl (C=O) groups is 3. The molecule has 2 saturated heterocycles. The number of carboxylic acids is 1. The summed E-state index contributed by atoms with van der Waals surface area (Å²) in [6.45, 7) is 0.959. The van der Waals surface area contributed by atoms with Crippen molar-refractivity contribution in [3.05, 3.63) is 29.6 Å². The van der Waals surface area contributed by atoms with Crippen molar-refractivity contribution in [3.63, 3.8) is 0 Å². The molecule has 110 valence electrons. The molecule has 0 aromatic carbocycles. The predicted molar refractivity (Wildman–Crippen MR) is 71.3 cm³/mol. The van der Waals surface area contributed by atoms with E-state index in [1.165, 1.54) is 17.2 Å². The summed E-state index contributed by atoms with van der Waals surface area (Å²) in [6.07, 6.45) is 2.84. The van der Waals surface area contributed by atoms with E-state index in [0.29, 0.717) is 18.7 Å². The Morgan fingerprint density at radius 2 is 2.19 bits per heavy atom. The zero-order valence-electron chi connectivity index (χ0n) is 11.4. The lowest BCUT2D eigenvalue weighted by Gasteiger charge is -2.36. The normalized spacial score (nSPS) is 21.6. The minimum atomic E-state index is -1.04. The molecule has 3 heterocycles. The molecule has 0 spiro atoms. The molecule has 7 heteroatoms. The van der Waals surface area contributed by atoms with Crippen LogP contribution >= 0.6 is 0 Å². The molecule has 2 fully saturated rings. The summed E-state index contributed by atoms with van der Waals surface area (Å²) >= 11 is 0. The van der Waals surface area contributed by atoms with E-state index in [4.69, 9.17) is 5.11 Å². The van der Waals surface area contributed by atoms with Crippen molar-refractivity contribution in [2.24, 2.45) is 0 Å². The average Bonchev–Trinajstić information content (AvgIpc) is 2.95. The molecule has 1 aromatic rings. The van der Waals surface area contributed by atoms with Crippen molar-refractivity contribution >= 4 is 17.8 Å². The van der Waals surface area contributed by atoms with Crippen molar-refractivity contribution in [1.29, 1.82) is 0 Å². The third-order valence-corrected chi connectivity index (χ3v) is 3.92. The van der Waals surface area contributed by atoms with E-state index in [0.717, 1.165) is 6.42 Å². The number of carbonyl (C=O) groups excluding carboxylic acids is 2. The molecule has 1 aromatic heterocycles. The lowest BCUT2D eigenvalue weighted by Crippen LogP contribution is -2.56. The van der Waals surface area contributed by atoms with Crippen LogP contribution in [-0.2, 0) is 16.1 Å². The van der Waals surface area contributed by atoms with Crippen LogP contribution < -0.4 is 0 Å². The second-order valence-corrected chi connectivity index (χ2v) is 5.28. The molecule has 1 unspecified atom stereocenters. The number of pyridine rings is 1. The smallest absolute Gasteiger partial charge is 0.337 e. The number of rotatable bonds is 3. The van der Waals surface area contributed by atoms with Gasteiger partial charge >= 0.3 is 5.97 Å². The Balaban J connectivity index is 1.73. The standard InChI is InChI=1S/C14H15N3O4/c18-12-8-16(13(19)11-2-1-5-17(11)12)7-10-4-3-9(6-15-10)14(20)21/h3-4,6,11H,1-2,5,7-8H2,(H,20,21). The topological polar surface area (TPSA) is 90.8 Å². The molecule has 2 aliphatic heterocycles. The van der Waals surface area contributed by atoms with Gasteiger partial charge in [-0.2, -0.15) is 0 Å². The van der Waals surface area contributed by atoms with E-state index in [1.807, 2.05) is 0 Å². The Bertz CT molecular complexity index is 599. The molecule has 2 amide bonds. The van der Waals surface area contributed by atoms with Crippen LogP contribution in [0.1, 0.15) is 28.9 Å². The molecular weight excluding hydrogens is 274 g/mol. The number of amides is 2. The average molecular weight is 289 g/mol. The Morgan fingerprint density at radius 1 is 1.38 bits per heavy atom. The number of aromatic nitrogens is 1. The van der Waals surface area contributed by atoms with Gasteiger partial charge in [0.15, 0.2) is 0 Å². The Labute approximate surface area is 121 Å². The summed E-state index contributed by atoms with van der Waals surface area (Å²) in [5, 5.41) is 8.82. The summed E-state index contributed by atoms with van der Waals surface area (Å²) in [7, 11) is 0. The number of hydrogen-bond donors (Lipinski definition) is 1. The van der Waals surface area contributed by atoms with E-state index in [9.17, 15) is 14.4 Å². The summed E-state index contributed by atoms with van der Waals surface area (Å²) < 4.78 is 0. The number of fused-ring (bicyclic) bond motifs is 1. The molecule has 2 aliphatic rings. The largest absolute Gasteiger partial charge is 0.478 e. The molecule has 1 atom stereocenters. The van der Waals surface area contributed by atoms with E-state index in [2.05, 4.69) is 4.98 Å². The SMILES string of the molecule is O=C(O)c1ccc(CN2CC(=O)N3CCCC3C2=O)nc1. The van der Waals surface area contributed by atoms with Crippen LogP contribution in [0.15, 0.2) is 18.3 Å². The third-order valence-electron chi connectivity index (χ3n) is 3.92. The van der Waals surface area contributed by atoms with Gasteiger partial charge in [0, 0.05) is 12.7 Å². The highest BCUT2D eigenvalue weighted by atomic mass is 16.4. The van der Waals surface area contributed by atoms with Crippen molar-refractivity contribution in [2.45, 2.75) is 25.4 Å². The van der Waals surface area contributed by atoms with Crippen LogP contribution in [0.4, 0.5) is 0 Å². The van der Waals surface area contributed by atoms with Gasteiger partial charge in [-0.05, 0) is 25.0 Å². The maximum absolute atomic E-state index is 12.3. The Kier molecular flexibility index (Phi) is 3.32. The number of piperazine rings is 1. The van der Waals surface area contributed by atoms with Gasteiger partial charge in [0.1, 0.15) is 12.6 Å². The van der Waals surface area contributed by atoms with Gasteiger partial charge in [-0.1, -0.05) is 0 Å². The molecule has 7 nitrogen and oxygen atoms in total. The molecule has 21 heavy (non-hydrogen) atoms. The van der Waals surface area contributed by atoms with Crippen LogP contribution in [0.2, 0.25) is 0 Å².